The monoisotopic (exact) mass is 260 g/mol. The van der Waals surface area contributed by atoms with Crippen molar-refractivity contribution >= 4 is 7.82 Å². The van der Waals surface area contributed by atoms with E-state index in [1.165, 1.54) is 24.9 Å². The van der Waals surface area contributed by atoms with Crippen molar-refractivity contribution in [3.05, 3.63) is 30.1 Å². The Morgan fingerprint density at radius 2 is 2.12 bits per heavy atom. The molecule has 1 atom stereocenters. The smallest absolute Gasteiger partial charge is 0.303 e. The normalized spacial score (nSPS) is 20.8. The molecule has 6 nitrogen and oxygen atoms in total. The van der Waals surface area contributed by atoms with Gasteiger partial charge in [-0.2, -0.15) is 0 Å². The van der Waals surface area contributed by atoms with E-state index < -0.39 is 7.82 Å². The van der Waals surface area contributed by atoms with Crippen molar-refractivity contribution < 1.29 is 19.2 Å². The van der Waals surface area contributed by atoms with Gasteiger partial charge in [-0.1, -0.05) is 6.07 Å². The number of rotatable bonds is 1. The Labute approximate surface area is 100 Å². The van der Waals surface area contributed by atoms with Crippen LogP contribution in [-0.4, -0.2) is 38.2 Å². The SMILES string of the molecule is CN1CCC[C@H]1c1cccnc1.O=P(O)(O)O. The topological polar surface area (TPSA) is 93.9 Å². The molecule has 1 aliphatic rings. The van der Waals surface area contributed by atoms with Crippen LogP contribution in [-0.2, 0) is 4.57 Å². The summed E-state index contributed by atoms with van der Waals surface area (Å²) in [6.07, 6.45) is 6.41. The molecule has 1 fully saturated rings. The average Bonchev–Trinajstić information content (AvgIpc) is 2.63. The molecule has 0 aliphatic carbocycles. The van der Waals surface area contributed by atoms with E-state index in [-0.39, 0.29) is 0 Å². The highest BCUT2D eigenvalue weighted by Gasteiger charge is 2.21. The molecule has 7 heteroatoms. The Hall–Kier alpha value is -0.780. The largest absolute Gasteiger partial charge is 0.466 e. The third-order valence-electron chi connectivity index (χ3n) is 2.59. The third kappa shape index (κ3) is 5.91. The molecule has 0 spiro atoms. The number of hydrogen-bond donors (Lipinski definition) is 3. The molecule has 3 N–H and O–H groups in total. The summed E-state index contributed by atoms with van der Waals surface area (Å²) in [5, 5.41) is 0. The molecular formula is C10H17N2O4P. The third-order valence-corrected chi connectivity index (χ3v) is 2.59. The minimum Gasteiger partial charge on any atom is -0.303 e. The average molecular weight is 260 g/mol. The Kier molecular flexibility index (Phi) is 5.24. The molecule has 0 bridgehead atoms. The van der Waals surface area contributed by atoms with Gasteiger partial charge in [0.15, 0.2) is 0 Å². The second-order valence-corrected chi connectivity index (χ2v) is 4.96. The lowest BCUT2D eigenvalue weighted by atomic mass is 10.1. The molecule has 0 radical (unpaired) electrons. The van der Waals surface area contributed by atoms with Crippen LogP contribution < -0.4 is 0 Å². The summed E-state index contributed by atoms with van der Waals surface area (Å²) in [6, 6.07) is 4.79. The summed E-state index contributed by atoms with van der Waals surface area (Å²) in [7, 11) is -2.45. The first-order chi connectivity index (χ1) is 7.88. The fourth-order valence-corrected chi connectivity index (χ4v) is 1.90. The van der Waals surface area contributed by atoms with Gasteiger partial charge < -0.3 is 14.7 Å². The summed E-state index contributed by atoms with van der Waals surface area (Å²) in [4.78, 5) is 28.1. The van der Waals surface area contributed by atoms with Crippen LogP contribution in [0.15, 0.2) is 24.5 Å². The van der Waals surface area contributed by atoms with Crippen LogP contribution in [0.1, 0.15) is 24.4 Å². The van der Waals surface area contributed by atoms with E-state index in [0.29, 0.717) is 6.04 Å². The first-order valence-corrected chi connectivity index (χ1v) is 6.83. The van der Waals surface area contributed by atoms with Crippen molar-refractivity contribution in [1.29, 1.82) is 0 Å². The van der Waals surface area contributed by atoms with Gasteiger partial charge >= 0.3 is 7.82 Å². The van der Waals surface area contributed by atoms with Gasteiger partial charge in [-0.15, -0.1) is 0 Å². The maximum Gasteiger partial charge on any atom is 0.466 e. The molecule has 2 rings (SSSR count). The van der Waals surface area contributed by atoms with Gasteiger partial charge in [0.2, 0.25) is 0 Å². The highest BCUT2D eigenvalue weighted by Crippen LogP contribution is 2.29. The number of hydrogen-bond acceptors (Lipinski definition) is 3. The molecule has 1 aliphatic heterocycles. The van der Waals surface area contributed by atoms with Crippen LogP contribution in [0.2, 0.25) is 0 Å². The fourth-order valence-electron chi connectivity index (χ4n) is 1.90. The second-order valence-electron chi connectivity index (χ2n) is 3.94. The summed E-state index contributed by atoms with van der Waals surface area (Å²) in [5.41, 5.74) is 1.36. The van der Waals surface area contributed by atoms with E-state index in [2.05, 4.69) is 23.0 Å². The summed E-state index contributed by atoms with van der Waals surface area (Å²) in [5.74, 6) is 0. The van der Waals surface area contributed by atoms with Crippen molar-refractivity contribution in [1.82, 2.24) is 9.88 Å². The van der Waals surface area contributed by atoms with Gasteiger partial charge in [-0.3, -0.25) is 9.88 Å². The first-order valence-electron chi connectivity index (χ1n) is 5.26. The van der Waals surface area contributed by atoms with E-state index in [9.17, 15) is 0 Å². The van der Waals surface area contributed by atoms with Crippen LogP contribution in [0, 0.1) is 0 Å². The van der Waals surface area contributed by atoms with Gasteiger partial charge in [0.25, 0.3) is 0 Å². The Balaban J connectivity index is 0.000000249. The number of nitrogens with zero attached hydrogens (tertiary/aromatic N) is 2. The van der Waals surface area contributed by atoms with Crippen molar-refractivity contribution in [3.8, 4) is 0 Å². The molecule has 0 aromatic carbocycles. The Morgan fingerprint density at radius 3 is 2.53 bits per heavy atom. The predicted molar refractivity (Wildman–Crippen MR) is 63.1 cm³/mol. The van der Waals surface area contributed by atoms with E-state index in [4.69, 9.17) is 19.2 Å². The van der Waals surface area contributed by atoms with Gasteiger partial charge in [-0.25, -0.2) is 4.57 Å². The fraction of sp³-hybridized carbons (Fsp3) is 0.500. The maximum absolute atomic E-state index is 8.88. The van der Waals surface area contributed by atoms with Crippen molar-refractivity contribution in [3.63, 3.8) is 0 Å². The minimum absolute atomic E-state index is 0.610. The minimum atomic E-state index is -4.64. The summed E-state index contributed by atoms with van der Waals surface area (Å²) < 4.78 is 8.88. The van der Waals surface area contributed by atoms with E-state index in [1.807, 2.05) is 18.5 Å². The highest BCUT2D eigenvalue weighted by atomic mass is 31.2. The summed E-state index contributed by atoms with van der Waals surface area (Å²) >= 11 is 0. The highest BCUT2D eigenvalue weighted by molar-refractivity contribution is 7.45. The zero-order valence-corrected chi connectivity index (χ0v) is 10.5. The molecule has 96 valence electrons. The number of aromatic nitrogens is 1. The van der Waals surface area contributed by atoms with Crippen molar-refractivity contribution in [2.75, 3.05) is 13.6 Å². The number of pyridine rings is 1. The van der Waals surface area contributed by atoms with Gasteiger partial charge in [0.05, 0.1) is 0 Å². The van der Waals surface area contributed by atoms with Crippen LogP contribution in [0.3, 0.4) is 0 Å². The van der Waals surface area contributed by atoms with Gasteiger partial charge in [0, 0.05) is 18.4 Å². The Morgan fingerprint density at radius 1 is 1.47 bits per heavy atom. The molecule has 1 aromatic heterocycles. The van der Waals surface area contributed by atoms with Crippen molar-refractivity contribution in [2.45, 2.75) is 18.9 Å². The zero-order chi connectivity index (χ0) is 12.9. The van der Waals surface area contributed by atoms with Crippen molar-refractivity contribution in [2.24, 2.45) is 0 Å². The molecule has 0 unspecified atom stereocenters. The Bertz CT molecular complexity index is 373. The molecule has 1 aromatic rings. The van der Waals surface area contributed by atoms with Crippen LogP contribution in [0.25, 0.3) is 0 Å². The van der Waals surface area contributed by atoms with Crippen LogP contribution in [0.4, 0.5) is 0 Å². The molecule has 0 saturated carbocycles. The molecule has 17 heavy (non-hydrogen) atoms. The van der Waals surface area contributed by atoms with E-state index >= 15 is 0 Å². The lowest BCUT2D eigenvalue weighted by Gasteiger charge is -2.18. The lowest BCUT2D eigenvalue weighted by molar-refractivity contribution is 0.275. The molecular weight excluding hydrogens is 243 g/mol. The first kappa shape index (κ1) is 14.3. The van der Waals surface area contributed by atoms with Gasteiger partial charge in [0.1, 0.15) is 0 Å². The standard InChI is InChI=1S/C10H14N2.H3O4P/c1-12-7-3-5-10(12)9-4-2-6-11-8-9;1-5(2,3)4/h2,4,6,8,10H,3,5,7H2,1H3;(H3,1,2,3,4)/t10-;/m0./s1. The number of phosphoric acid groups is 1. The molecule has 1 saturated heterocycles. The molecule has 2 heterocycles. The van der Waals surface area contributed by atoms with Crippen LogP contribution in [0.5, 0.6) is 0 Å². The quantitative estimate of drug-likeness (QED) is 0.650. The van der Waals surface area contributed by atoms with Gasteiger partial charge in [-0.05, 0) is 38.1 Å². The lowest BCUT2D eigenvalue weighted by Crippen LogP contribution is -2.17. The zero-order valence-electron chi connectivity index (χ0n) is 9.60. The second kappa shape index (κ2) is 6.23. The predicted octanol–water partition coefficient (Wildman–Crippen LogP) is 0.920. The molecule has 0 amide bonds. The maximum atomic E-state index is 8.88. The van der Waals surface area contributed by atoms with Crippen LogP contribution >= 0.6 is 7.82 Å². The number of likely N-dealkylation sites (tertiary alicyclic amines) is 1. The van der Waals surface area contributed by atoms with E-state index in [0.717, 1.165) is 0 Å². The summed E-state index contributed by atoms with van der Waals surface area (Å²) in [6.45, 7) is 1.22. The van der Waals surface area contributed by atoms with E-state index in [1.54, 1.807) is 0 Å².